The molecule has 2 aromatic rings. The zero-order valence-electron chi connectivity index (χ0n) is 11.1. The molecular weight excluding hydrogens is 265 g/mol. The van der Waals surface area contributed by atoms with Crippen molar-refractivity contribution in [2.45, 2.75) is 25.9 Å². The Kier molecular flexibility index (Phi) is 3.49. The molecule has 20 heavy (non-hydrogen) atoms. The van der Waals surface area contributed by atoms with E-state index in [0.29, 0.717) is 5.69 Å². The number of nitro benzene ring substituents is 1. The maximum Gasteiger partial charge on any atom is 0.274 e. The highest BCUT2D eigenvalue weighted by Gasteiger charge is 2.20. The van der Waals surface area contributed by atoms with E-state index in [0.717, 1.165) is 18.2 Å². The number of rotatable bonds is 4. The lowest BCUT2D eigenvalue weighted by molar-refractivity contribution is -0.385. The van der Waals surface area contributed by atoms with Crippen molar-refractivity contribution in [1.82, 2.24) is 15.0 Å². The average molecular weight is 279 g/mol. The molecular formula is C12H14FN5O2. The summed E-state index contributed by atoms with van der Waals surface area (Å²) in [5.74, 6) is -0.537. The number of nitrogens with zero attached hydrogens (tertiary/aromatic N) is 4. The molecule has 2 rings (SSSR count). The molecule has 0 bridgehead atoms. The van der Waals surface area contributed by atoms with Crippen LogP contribution in [-0.4, -0.2) is 19.9 Å². The van der Waals surface area contributed by atoms with Crippen LogP contribution in [0.25, 0.3) is 0 Å². The van der Waals surface area contributed by atoms with Crippen molar-refractivity contribution in [3.63, 3.8) is 0 Å². The van der Waals surface area contributed by atoms with Crippen molar-refractivity contribution >= 4 is 5.69 Å². The first-order chi connectivity index (χ1) is 9.27. The smallest absolute Gasteiger partial charge is 0.274 e. The summed E-state index contributed by atoms with van der Waals surface area (Å²) in [6, 6.07) is 3.31. The third-order valence-corrected chi connectivity index (χ3v) is 2.77. The maximum absolute atomic E-state index is 13.2. The average Bonchev–Trinajstić information content (AvgIpc) is 2.76. The van der Waals surface area contributed by atoms with Crippen LogP contribution in [-0.2, 0) is 12.1 Å². The Hall–Kier alpha value is -2.35. The Morgan fingerprint density at radius 2 is 2.20 bits per heavy atom. The first kappa shape index (κ1) is 14.1. The number of nitrogens with two attached hydrogens (primary N) is 1. The topological polar surface area (TPSA) is 99.9 Å². The lowest BCUT2D eigenvalue weighted by atomic mass is 10.0. The fourth-order valence-electron chi connectivity index (χ4n) is 1.70. The van der Waals surface area contributed by atoms with Crippen LogP contribution in [0.5, 0.6) is 0 Å². The Bertz CT molecular complexity index is 648. The minimum atomic E-state index is -0.661. The van der Waals surface area contributed by atoms with Gasteiger partial charge in [-0.05, 0) is 26.0 Å². The summed E-state index contributed by atoms with van der Waals surface area (Å²) < 4.78 is 14.6. The Morgan fingerprint density at radius 3 is 2.75 bits per heavy atom. The zero-order valence-corrected chi connectivity index (χ0v) is 11.1. The van der Waals surface area contributed by atoms with Crippen LogP contribution < -0.4 is 5.73 Å². The van der Waals surface area contributed by atoms with Crippen molar-refractivity contribution in [2.75, 3.05) is 0 Å². The summed E-state index contributed by atoms with van der Waals surface area (Å²) >= 11 is 0. The lowest BCUT2D eigenvalue weighted by Crippen LogP contribution is -2.29. The fourth-order valence-corrected chi connectivity index (χ4v) is 1.70. The molecule has 0 atom stereocenters. The van der Waals surface area contributed by atoms with Crippen LogP contribution in [0.15, 0.2) is 24.4 Å². The highest BCUT2D eigenvalue weighted by atomic mass is 19.1. The van der Waals surface area contributed by atoms with Crippen molar-refractivity contribution in [1.29, 1.82) is 0 Å². The number of nitro groups is 1. The van der Waals surface area contributed by atoms with Gasteiger partial charge in [0, 0.05) is 6.07 Å². The van der Waals surface area contributed by atoms with Crippen LogP contribution in [0, 0.1) is 15.9 Å². The van der Waals surface area contributed by atoms with Gasteiger partial charge < -0.3 is 5.73 Å². The number of aromatic nitrogens is 3. The van der Waals surface area contributed by atoms with Crippen LogP contribution in [0.4, 0.5) is 10.1 Å². The maximum atomic E-state index is 13.2. The molecule has 0 radical (unpaired) electrons. The van der Waals surface area contributed by atoms with E-state index >= 15 is 0 Å². The van der Waals surface area contributed by atoms with Gasteiger partial charge in [0.25, 0.3) is 5.69 Å². The van der Waals surface area contributed by atoms with Crippen molar-refractivity contribution in [3.8, 4) is 0 Å². The van der Waals surface area contributed by atoms with E-state index in [4.69, 9.17) is 5.73 Å². The summed E-state index contributed by atoms with van der Waals surface area (Å²) in [5.41, 5.74) is 5.84. The molecule has 0 fully saturated rings. The SMILES string of the molecule is CC(C)(N)c1cn(Cc2cc(F)ccc2[N+](=O)[O-])nn1. The largest absolute Gasteiger partial charge is 0.320 e. The first-order valence-corrected chi connectivity index (χ1v) is 5.89. The summed E-state index contributed by atoms with van der Waals surface area (Å²) in [7, 11) is 0. The molecule has 0 aliphatic rings. The van der Waals surface area contributed by atoms with Crippen LogP contribution in [0.2, 0.25) is 0 Å². The second kappa shape index (κ2) is 4.97. The van der Waals surface area contributed by atoms with Crippen LogP contribution >= 0.6 is 0 Å². The molecule has 2 N–H and O–H groups in total. The predicted octanol–water partition coefficient (Wildman–Crippen LogP) is 1.57. The van der Waals surface area contributed by atoms with Gasteiger partial charge in [-0.1, -0.05) is 5.21 Å². The predicted molar refractivity (Wildman–Crippen MR) is 69.4 cm³/mol. The molecule has 0 saturated heterocycles. The van der Waals surface area contributed by atoms with E-state index in [1.54, 1.807) is 20.0 Å². The van der Waals surface area contributed by atoms with E-state index in [-0.39, 0.29) is 17.8 Å². The highest BCUT2D eigenvalue weighted by Crippen LogP contribution is 2.21. The van der Waals surface area contributed by atoms with Gasteiger partial charge in [-0.3, -0.25) is 10.1 Å². The van der Waals surface area contributed by atoms with Crippen molar-refractivity contribution < 1.29 is 9.31 Å². The third-order valence-electron chi connectivity index (χ3n) is 2.77. The minimum absolute atomic E-state index is 0.0527. The van der Waals surface area contributed by atoms with Crippen LogP contribution in [0.3, 0.4) is 0 Å². The fraction of sp³-hybridized carbons (Fsp3) is 0.333. The molecule has 1 aromatic carbocycles. The molecule has 7 nitrogen and oxygen atoms in total. The second-order valence-electron chi connectivity index (χ2n) is 5.05. The van der Waals surface area contributed by atoms with Crippen molar-refractivity contribution in [2.24, 2.45) is 5.73 Å². The van der Waals surface area contributed by atoms with Gasteiger partial charge in [-0.15, -0.1) is 5.10 Å². The molecule has 0 aliphatic carbocycles. The Balaban J connectivity index is 2.32. The van der Waals surface area contributed by atoms with Gasteiger partial charge in [0.15, 0.2) is 0 Å². The summed E-state index contributed by atoms with van der Waals surface area (Å²) in [6.45, 7) is 3.59. The summed E-state index contributed by atoms with van der Waals surface area (Å²) in [6.07, 6.45) is 1.59. The number of benzene rings is 1. The molecule has 0 spiro atoms. The van der Waals surface area contributed by atoms with Gasteiger partial charge in [0.05, 0.1) is 28.8 Å². The Morgan fingerprint density at radius 1 is 1.50 bits per heavy atom. The molecule has 0 amide bonds. The molecule has 1 heterocycles. The zero-order chi connectivity index (χ0) is 14.9. The standard InChI is InChI=1S/C12H14FN5O2/c1-12(2,14)11-7-17(16-15-11)6-8-5-9(13)3-4-10(8)18(19)20/h3-5,7H,6,14H2,1-2H3. The lowest BCUT2D eigenvalue weighted by Gasteiger charge is -2.13. The molecule has 1 aromatic heterocycles. The molecule has 0 aliphatic heterocycles. The van der Waals surface area contributed by atoms with E-state index in [1.165, 1.54) is 4.68 Å². The van der Waals surface area contributed by atoms with Gasteiger partial charge in [-0.25, -0.2) is 9.07 Å². The van der Waals surface area contributed by atoms with Gasteiger partial charge in [-0.2, -0.15) is 0 Å². The number of hydrogen-bond donors (Lipinski definition) is 1. The molecule has 0 saturated carbocycles. The quantitative estimate of drug-likeness (QED) is 0.676. The van der Waals surface area contributed by atoms with Crippen molar-refractivity contribution in [3.05, 3.63) is 51.6 Å². The minimum Gasteiger partial charge on any atom is -0.320 e. The summed E-state index contributed by atoms with van der Waals surface area (Å²) in [5, 5.41) is 18.7. The Labute approximate surface area is 114 Å². The number of hydrogen-bond acceptors (Lipinski definition) is 5. The third kappa shape index (κ3) is 2.97. The first-order valence-electron chi connectivity index (χ1n) is 5.89. The molecule has 0 unspecified atom stereocenters. The highest BCUT2D eigenvalue weighted by molar-refractivity contribution is 5.40. The van der Waals surface area contributed by atoms with Crippen LogP contribution in [0.1, 0.15) is 25.1 Å². The van der Waals surface area contributed by atoms with E-state index in [9.17, 15) is 14.5 Å². The monoisotopic (exact) mass is 279 g/mol. The normalized spacial score (nSPS) is 11.6. The van der Waals surface area contributed by atoms with Gasteiger partial charge >= 0.3 is 0 Å². The summed E-state index contributed by atoms with van der Waals surface area (Å²) in [4.78, 5) is 10.3. The second-order valence-corrected chi connectivity index (χ2v) is 5.05. The van der Waals surface area contributed by atoms with E-state index in [1.807, 2.05) is 0 Å². The molecule has 8 heteroatoms. The van der Waals surface area contributed by atoms with Gasteiger partial charge in [0.1, 0.15) is 11.5 Å². The molecule has 106 valence electrons. The van der Waals surface area contributed by atoms with Gasteiger partial charge in [0.2, 0.25) is 0 Å². The number of halogens is 1. The van der Waals surface area contributed by atoms with E-state index in [2.05, 4.69) is 10.3 Å². The van der Waals surface area contributed by atoms with E-state index < -0.39 is 16.3 Å².